The number of nitrogens with one attached hydrogen (secondary N) is 1. The zero-order valence-corrected chi connectivity index (χ0v) is 54.7. The molecule has 0 aromatic carbocycles. The van der Waals surface area contributed by atoms with Crippen molar-refractivity contribution in [1.82, 2.24) is 5.32 Å². The highest BCUT2D eigenvalue weighted by Crippen LogP contribution is 2.30. The van der Waals surface area contributed by atoms with Crippen molar-refractivity contribution in [2.45, 2.75) is 319 Å². The van der Waals surface area contributed by atoms with Crippen molar-refractivity contribution in [2.75, 3.05) is 19.8 Å². The number of carbonyl (C=O) groups is 1. The second kappa shape index (κ2) is 57.3. The van der Waals surface area contributed by atoms with E-state index in [1.54, 1.807) is 6.08 Å². The van der Waals surface area contributed by atoms with Crippen LogP contribution in [0.25, 0.3) is 0 Å². The number of ether oxygens (including phenoxy) is 4. The van der Waals surface area contributed by atoms with Crippen LogP contribution in [0.2, 0.25) is 0 Å². The molecular formula is C74H125NO13. The van der Waals surface area contributed by atoms with Crippen LogP contribution in [-0.2, 0) is 23.7 Å². The lowest BCUT2D eigenvalue weighted by Crippen LogP contribution is -2.65. The van der Waals surface area contributed by atoms with Crippen LogP contribution in [0, 0.1) is 0 Å². The first-order valence-corrected chi connectivity index (χ1v) is 34.8. The van der Waals surface area contributed by atoms with Gasteiger partial charge in [0, 0.05) is 6.42 Å². The normalized spacial score (nSPS) is 23.9. The quantitative estimate of drug-likeness (QED) is 0.0204. The molecule has 2 fully saturated rings. The van der Waals surface area contributed by atoms with E-state index >= 15 is 0 Å². The summed E-state index contributed by atoms with van der Waals surface area (Å²) in [7, 11) is 0. The minimum absolute atomic E-state index is 0.193. The number of allylic oxidation sites excluding steroid dienone is 19. The molecule has 1 amide bonds. The molecule has 2 aliphatic heterocycles. The summed E-state index contributed by atoms with van der Waals surface area (Å²) < 4.78 is 22.8. The minimum atomic E-state index is -1.80. The summed E-state index contributed by atoms with van der Waals surface area (Å²) >= 11 is 0. The van der Waals surface area contributed by atoms with E-state index in [2.05, 4.69) is 129 Å². The molecule has 12 unspecified atom stereocenters. The average molecular weight is 1240 g/mol. The zero-order valence-electron chi connectivity index (χ0n) is 54.7. The first-order chi connectivity index (χ1) is 43.1. The molecule has 0 saturated carbocycles. The fourth-order valence-corrected chi connectivity index (χ4v) is 10.6. The lowest BCUT2D eigenvalue weighted by Gasteiger charge is -2.46. The lowest BCUT2D eigenvalue weighted by molar-refractivity contribution is -0.359. The van der Waals surface area contributed by atoms with E-state index in [0.29, 0.717) is 12.8 Å². The second-order valence-electron chi connectivity index (χ2n) is 23.9. The standard InChI is InChI=1S/C74H125NO13/c1-3-5-7-9-11-13-15-17-19-21-23-25-27-29-30-31-32-34-36-38-40-42-44-46-48-50-52-54-56-58-66(79)75-62(61-85-73-71(84)69(82)72(65(60-77)87-73)88-74-70(83)68(81)67(80)64(59-76)86-74)63(78)57-55-53-51-49-47-45-43-41-39-37-35-33-28-26-24-22-20-18-16-14-12-10-8-6-4-2/h5,7,11,13,17,19,23,25,29-30,32,34,38,40,44,46,50,52,55,57,62-65,67-74,76-78,80-84H,3-4,6,8-10,12,14-16,18,20-22,24,26-28,31,33,35-37,39,41-43,45,47-49,51,53-54,56,58-61H2,1-2H3,(H,75,79)/b7-5-,13-11-,19-17-,25-23-,30-29-,34-32-,40-38-,46-44-,52-50-,57-55+. The zero-order chi connectivity index (χ0) is 63.8. The van der Waals surface area contributed by atoms with Gasteiger partial charge in [-0.25, -0.2) is 0 Å². The smallest absolute Gasteiger partial charge is 0.220 e. The Kier molecular flexibility index (Phi) is 52.4. The summed E-state index contributed by atoms with van der Waals surface area (Å²) in [6.45, 7) is 2.66. The van der Waals surface area contributed by atoms with Gasteiger partial charge in [-0.15, -0.1) is 0 Å². The molecule has 12 atom stereocenters. The molecule has 0 spiro atoms. The monoisotopic (exact) mass is 1240 g/mol. The van der Waals surface area contributed by atoms with Crippen molar-refractivity contribution in [2.24, 2.45) is 0 Å². The van der Waals surface area contributed by atoms with E-state index in [0.717, 1.165) is 83.5 Å². The first kappa shape index (κ1) is 80.5. The third kappa shape index (κ3) is 41.0. The van der Waals surface area contributed by atoms with E-state index in [1.807, 2.05) is 6.08 Å². The van der Waals surface area contributed by atoms with Crippen LogP contribution >= 0.6 is 0 Å². The number of aliphatic hydroxyl groups is 8. The molecule has 9 N–H and O–H groups in total. The van der Waals surface area contributed by atoms with Crippen LogP contribution in [0.1, 0.15) is 245 Å². The number of hydrogen-bond donors (Lipinski definition) is 9. The highest BCUT2D eigenvalue weighted by Gasteiger charge is 2.51. The van der Waals surface area contributed by atoms with Crippen LogP contribution in [0.5, 0.6) is 0 Å². The molecule has 0 aromatic heterocycles. The van der Waals surface area contributed by atoms with E-state index in [4.69, 9.17) is 18.9 Å². The Balaban J connectivity index is 1.74. The van der Waals surface area contributed by atoms with Crippen LogP contribution in [0.4, 0.5) is 0 Å². The van der Waals surface area contributed by atoms with Gasteiger partial charge in [0.05, 0.1) is 32.0 Å². The van der Waals surface area contributed by atoms with Crippen LogP contribution in [-0.4, -0.2) is 140 Å². The van der Waals surface area contributed by atoms with Gasteiger partial charge < -0.3 is 65.1 Å². The summed E-state index contributed by atoms with van der Waals surface area (Å²) in [6, 6.07) is -0.956. The average Bonchev–Trinajstić information content (AvgIpc) is 2.07. The first-order valence-electron chi connectivity index (χ1n) is 34.8. The number of rotatable bonds is 55. The van der Waals surface area contributed by atoms with Gasteiger partial charge in [-0.2, -0.15) is 0 Å². The molecule has 2 aliphatic rings. The van der Waals surface area contributed by atoms with Gasteiger partial charge in [-0.05, 0) is 83.5 Å². The number of aliphatic hydroxyl groups excluding tert-OH is 8. The summed E-state index contributed by atoms with van der Waals surface area (Å²) in [6.07, 6.45) is 66.8. The predicted molar refractivity (Wildman–Crippen MR) is 359 cm³/mol. The van der Waals surface area contributed by atoms with Crippen LogP contribution < -0.4 is 5.32 Å². The molecular weight excluding hydrogens is 1110 g/mol. The number of hydrogen-bond acceptors (Lipinski definition) is 13. The maximum absolute atomic E-state index is 13.3. The maximum Gasteiger partial charge on any atom is 0.220 e. The van der Waals surface area contributed by atoms with Crippen molar-refractivity contribution in [3.8, 4) is 0 Å². The Bertz CT molecular complexity index is 1940. The predicted octanol–water partition coefficient (Wildman–Crippen LogP) is 14.1. The third-order valence-electron chi connectivity index (χ3n) is 16.2. The molecule has 14 heteroatoms. The molecule has 2 heterocycles. The summed E-state index contributed by atoms with van der Waals surface area (Å²) in [4.78, 5) is 13.3. The van der Waals surface area contributed by atoms with Gasteiger partial charge in [0.2, 0.25) is 5.91 Å². The van der Waals surface area contributed by atoms with Gasteiger partial charge in [-0.3, -0.25) is 4.79 Å². The fourth-order valence-electron chi connectivity index (χ4n) is 10.6. The van der Waals surface area contributed by atoms with Crippen LogP contribution in [0.3, 0.4) is 0 Å². The maximum atomic E-state index is 13.3. The third-order valence-corrected chi connectivity index (χ3v) is 16.2. The van der Waals surface area contributed by atoms with Gasteiger partial charge in [0.15, 0.2) is 12.6 Å². The van der Waals surface area contributed by atoms with Gasteiger partial charge in [0.1, 0.15) is 48.8 Å². The topological polar surface area (TPSA) is 228 Å². The Labute approximate surface area is 533 Å². The minimum Gasteiger partial charge on any atom is -0.394 e. The van der Waals surface area contributed by atoms with E-state index in [9.17, 15) is 45.6 Å². The largest absolute Gasteiger partial charge is 0.394 e. The Morgan fingerprint density at radius 2 is 0.784 bits per heavy atom. The summed E-state index contributed by atoms with van der Waals surface area (Å²) in [5, 5.41) is 87.4. The molecule has 2 saturated heterocycles. The Morgan fingerprint density at radius 1 is 0.420 bits per heavy atom. The molecule has 504 valence electrons. The van der Waals surface area contributed by atoms with Gasteiger partial charge in [-0.1, -0.05) is 277 Å². The van der Waals surface area contributed by atoms with Gasteiger partial charge >= 0.3 is 0 Å². The molecule has 0 aromatic rings. The molecule has 0 radical (unpaired) electrons. The number of amides is 1. The Hall–Kier alpha value is -3.61. The lowest BCUT2D eigenvalue weighted by atomic mass is 9.97. The van der Waals surface area contributed by atoms with E-state index in [-0.39, 0.29) is 18.9 Å². The second-order valence-corrected chi connectivity index (χ2v) is 23.9. The van der Waals surface area contributed by atoms with E-state index < -0.39 is 86.8 Å². The Morgan fingerprint density at radius 3 is 1.19 bits per heavy atom. The molecule has 0 bridgehead atoms. The highest BCUT2D eigenvalue weighted by molar-refractivity contribution is 5.76. The molecule has 88 heavy (non-hydrogen) atoms. The van der Waals surface area contributed by atoms with Crippen molar-refractivity contribution in [3.05, 3.63) is 122 Å². The van der Waals surface area contributed by atoms with Gasteiger partial charge in [0.25, 0.3) is 0 Å². The van der Waals surface area contributed by atoms with Crippen LogP contribution in [0.15, 0.2) is 122 Å². The number of carbonyl (C=O) groups excluding carboxylic acids is 1. The van der Waals surface area contributed by atoms with Crippen molar-refractivity contribution >= 4 is 5.91 Å². The van der Waals surface area contributed by atoms with Crippen molar-refractivity contribution in [1.29, 1.82) is 0 Å². The van der Waals surface area contributed by atoms with E-state index in [1.165, 1.54) is 128 Å². The molecule has 2 rings (SSSR count). The fraction of sp³-hybridized carbons (Fsp3) is 0.716. The highest BCUT2D eigenvalue weighted by atomic mass is 16.7. The van der Waals surface area contributed by atoms with Crippen molar-refractivity contribution < 1.29 is 64.6 Å². The van der Waals surface area contributed by atoms with Crippen molar-refractivity contribution in [3.63, 3.8) is 0 Å². The summed E-state index contributed by atoms with van der Waals surface area (Å²) in [5.41, 5.74) is 0. The summed E-state index contributed by atoms with van der Waals surface area (Å²) in [5.74, 6) is -0.300. The number of unbranched alkanes of at least 4 members (excludes halogenated alkanes) is 24. The molecule has 0 aliphatic carbocycles. The SMILES string of the molecule is CC/C=C\C/C=C\C/C=C\C/C=C\C/C=C\C/C=C\C/C=C\C/C=C\C/C=C\CCCC(=O)NC(COC1OC(CO)C(OC2OC(CO)C(O)C(O)C2O)C(O)C1O)C(O)/C=C/CCCCCCCCCCCCCCCCCCCCCCCCC. The molecule has 14 nitrogen and oxygen atoms in total.